The maximum absolute atomic E-state index is 4.93. The molecular formula is C6H13BO2. The Hall–Kier alpha value is -0.275. The van der Waals surface area contributed by atoms with Crippen molar-refractivity contribution < 1.29 is 9.31 Å². The van der Waals surface area contributed by atoms with Gasteiger partial charge in [0.2, 0.25) is 0 Å². The molecule has 0 aromatic carbocycles. The Morgan fingerprint density at radius 1 is 1.33 bits per heavy atom. The molecule has 0 rings (SSSR count). The molecule has 0 atom stereocenters. The first-order valence-corrected chi connectivity index (χ1v) is 3.02. The molecule has 0 fully saturated rings. The summed E-state index contributed by atoms with van der Waals surface area (Å²) in [4.78, 5) is 0. The van der Waals surface area contributed by atoms with E-state index in [1.54, 1.807) is 14.2 Å². The van der Waals surface area contributed by atoms with Crippen LogP contribution in [0.25, 0.3) is 0 Å². The topological polar surface area (TPSA) is 18.5 Å². The Labute approximate surface area is 57.0 Å². The lowest BCUT2D eigenvalue weighted by Gasteiger charge is -2.03. The molecule has 0 N–H and O–H groups in total. The Morgan fingerprint density at radius 2 is 1.89 bits per heavy atom. The van der Waals surface area contributed by atoms with Crippen LogP contribution < -0.4 is 0 Å². The van der Waals surface area contributed by atoms with Crippen LogP contribution in [0.4, 0.5) is 0 Å². The van der Waals surface area contributed by atoms with Crippen LogP contribution in [0.2, 0.25) is 6.32 Å². The van der Waals surface area contributed by atoms with Crippen LogP contribution in [0.15, 0.2) is 12.2 Å². The summed E-state index contributed by atoms with van der Waals surface area (Å²) in [7, 11) is 3.19. The highest BCUT2D eigenvalue weighted by molar-refractivity contribution is 6.44. The molecule has 0 spiro atoms. The first-order chi connectivity index (χ1) is 4.35. The maximum Gasteiger partial charge on any atom is 0.460 e. The molecule has 9 heavy (non-hydrogen) atoms. The van der Waals surface area contributed by atoms with Gasteiger partial charge in [0.05, 0.1) is 0 Å². The van der Waals surface area contributed by atoms with Crippen LogP contribution in [-0.4, -0.2) is 21.3 Å². The fraction of sp³-hybridized carbons (Fsp3) is 0.667. The van der Waals surface area contributed by atoms with E-state index in [4.69, 9.17) is 9.31 Å². The van der Waals surface area contributed by atoms with Gasteiger partial charge in [-0.05, 0) is 6.92 Å². The highest BCUT2D eigenvalue weighted by Crippen LogP contribution is 1.94. The Kier molecular flexibility index (Phi) is 5.68. The minimum Gasteiger partial charge on any atom is -0.414 e. The van der Waals surface area contributed by atoms with Crippen molar-refractivity contribution in [3.63, 3.8) is 0 Å². The van der Waals surface area contributed by atoms with Crippen LogP contribution in [-0.2, 0) is 9.31 Å². The SMILES string of the molecule is CC=CCB(OC)OC. The number of hydrogen-bond donors (Lipinski definition) is 0. The summed E-state index contributed by atoms with van der Waals surface area (Å²) in [6.45, 7) is 1.97. The van der Waals surface area contributed by atoms with Gasteiger partial charge in [-0.15, -0.1) is 0 Å². The Bertz CT molecular complexity index is 79.1. The van der Waals surface area contributed by atoms with Gasteiger partial charge in [0.1, 0.15) is 0 Å². The zero-order chi connectivity index (χ0) is 7.11. The largest absolute Gasteiger partial charge is 0.460 e. The summed E-state index contributed by atoms with van der Waals surface area (Å²) in [6.07, 6.45) is 4.81. The monoisotopic (exact) mass is 128 g/mol. The predicted molar refractivity (Wildman–Crippen MR) is 39.4 cm³/mol. The number of allylic oxidation sites excluding steroid dienone is 2. The average Bonchev–Trinajstić information content (AvgIpc) is 1.91. The van der Waals surface area contributed by atoms with E-state index < -0.39 is 0 Å². The van der Waals surface area contributed by atoms with Crippen molar-refractivity contribution in [1.29, 1.82) is 0 Å². The van der Waals surface area contributed by atoms with Crippen molar-refractivity contribution in [3.05, 3.63) is 12.2 Å². The standard InChI is InChI=1S/C6H13BO2/c1-4-5-6-7(8-2)9-3/h4-5H,6H2,1-3H3. The minimum absolute atomic E-state index is 0.0822. The zero-order valence-corrected chi connectivity index (χ0v) is 6.26. The van der Waals surface area contributed by atoms with Gasteiger partial charge in [0, 0.05) is 20.5 Å². The summed E-state index contributed by atoms with van der Waals surface area (Å²) < 4.78 is 9.86. The van der Waals surface area contributed by atoms with Crippen LogP contribution >= 0.6 is 0 Å². The molecule has 0 radical (unpaired) electrons. The third kappa shape index (κ3) is 4.24. The lowest BCUT2D eigenvalue weighted by atomic mass is 9.85. The van der Waals surface area contributed by atoms with Crippen molar-refractivity contribution >= 4 is 7.12 Å². The summed E-state index contributed by atoms with van der Waals surface area (Å²) in [5.74, 6) is 0. The molecule has 0 aliphatic heterocycles. The van der Waals surface area contributed by atoms with Crippen LogP contribution in [0.5, 0.6) is 0 Å². The van der Waals surface area contributed by atoms with E-state index in [1.165, 1.54) is 0 Å². The van der Waals surface area contributed by atoms with E-state index in [0.717, 1.165) is 6.32 Å². The fourth-order valence-corrected chi connectivity index (χ4v) is 0.536. The fourth-order valence-electron chi connectivity index (χ4n) is 0.536. The van der Waals surface area contributed by atoms with Gasteiger partial charge in [-0.2, -0.15) is 0 Å². The van der Waals surface area contributed by atoms with Gasteiger partial charge in [0.15, 0.2) is 0 Å². The third-order valence-corrected chi connectivity index (χ3v) is 1.09. The molecule has 0 saturated carbocycles. The first kappa shape index (κ1) is 8.72. The Balaban J connectivity index is 3.31. The molecule has 52 valence electrons. The van der Waals surface area contributed by atoms with Crippen LogP contribution in [0.1, 0.15) is 6.92 Å². The molecule has 2 nitrogen and oxygen atoms in total. The summed E-state index contributed by atoms with van der Waals surface area (Å²) in [5.41, 5.74) is 0. The molecular weight excluding hydrogens is 115 g/mol. The van der Waals surface area contributed by atoms with Crippen molar-refractivity contribution in [2.45, 2.75) is 13.2 Å². The average molecular weight is 128 g/mol. The van der Waals surface area contributed by atoms with E-state index in [9.17, 15) is 0 Å². The van der Waals surface area contributed by atoms with E-state index in [-0.39, 0.29) is 7.12 Å². The first-order valence-electron chi connectivity index (χ1n) is 3.02. The second-order valence-corrected chi connectivity index (χ2v) is 1.71. The molecule has 3 heteroatoms. The molecule has 0 heterocycles. The van der Waals surface area contributed by atoms with E-state index >= 15 is 0 Å². The van der Waals surface area contributed by atoms with E-state index in [2.05, 4.69) is 0 Å². The summed E-state index contributed by atoms with van der Waals surface area (Å²) >= 11 is 0. The molecule has 0 amide bonds. The Morgan fingerprint density at radius 3 is 2.22 bits per heavy atom. The third-order valence-electron chi connectivity index (χ3n) is 1.09. The zero-order valence-electron chi connectivity index (χ0n) is 6.26. The van der Waals surface area contributed by atoms with Crippen LogP contribution in [0.3, 0.4) is 0 Å². The quantitative estimate of drug-likeness (QED) is 0.420. The number of hydrogen-bond acceptors (Lipinski definition) is 2. The highest BCUT2D eigenvalue weighted by atomic mass is 16.6. The summed E-state index contributed by atoms with van der Waals surface area (Å²) in [5, 5.41) is 0. The smallest absolute Gasteiger partial charge is 0.414 e. The normalized spacial score (nSPS) is 10.6. The molecule has 0 aromatic heterocycles. The van der Waals surface area contributed by atoms with Crippen molar-refractivity contribution in [2.75, 3.05) is 14.2 Å². The molecule has 0 aliphatic carbocycles. The summed E-state index contributed by atoms with van der Waals surface area (Å²) in [6, 6.07) is 0. The lowest BCUT2D eigenvalue weighted by molar-refractivity contribution is 0.281. The van der Waals surface area contributed by atoms with Gasteiger partial charge >= 0.3 is 7.12 Å². The lowest BCUT2D eigenvalue weighted by Crippen LogP contribution is -2.17. The van der Waals surface area contributed by atoms with E-state index in [0.29, 0.717) is 0 Å². The number of rotatable bonds is 4. The second-order valence-electron chi connectivity index (χ2n) is 1.71. The van der Waals surface area contributed by atoms with Gasteiger partial charge in [-0.25, -0.2) is 0 Å². The van der Waals surface area contributed by atoms with Gasteiger partial charge in [-0.1, -0.05) is 12.2 Å². The van der Waals surface area contributed by atoms with Crippen LogP contribution in [0, 0.1) is 0 Å². The van der Waals surface area contributed by atoms with Crippen molar-refractivity contribution in [3.8, 4) is 0 Å². The van der Waals surface area contributed by atoms with Crippen molar-refractivity contribution in [1.82, 2.24) is 0 Å². The van der Waals surface area contributed by atoms with Crippen molar-refractivity contribution in [2.24, 2.45) is 0 Å². The van der Waals surface area contributed by atoms with Gasteiger partial charge in [-0.3, -0.25) is 0 Å². The predicted octanol–water partition coefficient (Wildman–Crippen LogP) is 1.34. The molecule has 0 aliphatic rings. The molecule has 0 bridgehead atoms. The second kappa shape index (κ2) is 5.85. The van der Waals surface area contributed by atoms with E-state index in [1.807, 2.05) is 19.1 Å². The molecule has 0 saturated heterocycles. The molecule has 0 aromatic rings. The highest BCUT2D eigenvalue weighted by Gasteiger charge is 2.09. The maximum atomic E-state index is 4.93. The van der Waals surface area contributed by atoms with Gasteiger partial charge in [0.25, 0.3) is 0 Å². The molecule has 0 unspecified atom stereocenters. The minimum atomic E-state index is -0.0822. The van der Waals surface area contributed by atoms with Gasteiger partial charge < -0.3 is 9.31 Å².